The van der Waals surface area contributed by atoms with Crippen molar-refractivity contribution in [3.8, 4) is 0 Å². The van der Waals surface area contributed by atoms with Crippen LogP contribution in [-0.4, -0.2) is 84.4 Å². The number of hydrogen-bond donors (Lipinski definition) is 1. The first-order chi connectivity index (χ1) is 12.7. The number of amides is 1. The van der Waals surface area contributed by atoms with Gasteiger partial charge in [0.25, 0.3) is 0 Å². The molecule has 2 fully saturated rings. The Bertz CT molecular complexity index is 621. The van der Waals surface area contributed by atoms with E-state index >= 15 is 0 Å². The Hall–Kier alpha value is -1.36. The van der Waals surface area contributed by atoms with Gasteiger partial charge in [0.1, 0.15) is 0 Å². The van der Waals surface area contributed by atoms with E-state index in [9.17, 15) is 4.79 Å². The van der Waals surface area contributed by atoms with Crippen LogP contribution in [0, 0.1) is 12.8 Å². The number of hydrogen-bond acceptors (Lipinski definition) is 4. The van der Waals surface area contributed by atoms with Gasteiger partial charge < -0.3 is 19.9 Å². The molecule has 0 saturated carbocycles. The summed E-state index contributed by atoms with van der Waals surface area (Å²) in [5, 5.41) is 7.70. The van der Waals surface area contributed by atoms with Gasteiger partial charge in [-0.2, -0.15) is 5.10 Å². The van der Waals surface area contributed by atoms with E-state index in [1.807, 2.05) is 35.9 Å². The van der Waals surface area contributed by atoms with E-state index in [2.05, 4.69) is 20.3 Å². The highest BCUT2D eigenvalue weighted by Crippen LogP contribution is 2.20. The summed E-state index contributed by atoms with van der Waals surface area (Å²) in [6.45, 7) is 8.14. The highest BCUT2D eigenvalue weighted by molar-refractivity contribution is 14.0. The Morgan fingerprint density at radius 1 is 1.26 bits per heavy atom. The van der Waals surface area contributed by atoms with Crippen LogP contribution < -0.4 is 5.32 Å². The van der Waals surface area contributed by atoms with Gasteiger partial charge in [0.15, 0.2) is 5.96 Å². The number of carbonyl (C=O) groups excluding carboxylic acids is 1. The van der Waals surface area contributed by atoms with Gasteiger partial charge >= 0.3 is 0 Å². The number of rotatable bonds is 4. The largest absolute Gasteiger partial charge is 0.378 e. The Morgan fingerprint density at radius 2 is 1.96 bits per heavy atom. The number of halogens is 1. The van der Waals surface area contributed by atoms with E-state index < -0.39 is 0 Å². The van der Waals surface area contributed by atoms with Crippen LogP contribution in [0.5, 0.6) is 0 Å². The molecule has 0 atom stereocenters. The number of carbonyl (C=O) groups is 1. The standard InChI is InChI=1S/C18H30N6O2.HI/c1-15-13-21-24(14-15)8-5-20-18(19-2)23-6-3-16(4-7-23)17(25)22-9-11-26-12-10-22;/h13-14,16H,3-12H2,1-2H3,(H,19,20);1H. The summed E-state index contributed by atoms with van der Waals surface area (Å²) in [6.07, 6.45) is 5.67. The molecule has 9 heteroatoms. The molecule has 1 aromatic rings. The van der Waals surface area contributed by atoms with Gasteiger partial charge in [-0.25, -0.2) is 0 Å². The summed E-state index contributed by atoms with van der Waals surface area (Å²) in [5.41, 5.74) is 1.17. The van der Waals surface area contributed by atoms with Crippen molar-refractivity contribution in [2.24, 2.45) is 10.9 Å². The summed E-state index contributed by atoms with van der Waals surface area (Å²) in [5.74, 6) is 1.34. The number of ether oxygens (including phenoxy) is 1. The van der Waals surface area contributed by atoms with Crippen molar-refractivity contribution in [1.29, 1.82) is 0 Å². The monoisotopic (exact) mass is 490 g/mol. The van der Waals surface area contributed by atoms with Gasteiger partial charge in [-0.15, -0.1) is 24.0 Å². The minimum absolute atomic E-state index is 0. The lowest BCUT2D eigenvalue weighted by Gasteiger charge is -2.36. The predicted molar refractivity (Wildman–Crippen MR) is 115 cm³/mol. The van der Waals surface area contributed by atoms with Crippen molar-refractivity contribution in [3.63, 3.8) is 0 Å². The van der Waals surface area contributed by atoms with Crippen LogP contribution in [0.25, 0.3) is 0 Å². The van der Waals surface area contributed by atoms with Crippen molar-refractivity contribution in [1.82, 2.24) is 24.9 Å². The molecule has 27 heavy (non-hydrogen) atoms. The van der Waals surface area contributed by atoms with Crippen molar-refractivity contribution in [2.75, 3.05) is 53.0 Å². The van der Waals surface area contributed by atoms with Crippen LogP contribution >= 0.6 is 24.0 Å². The number of aromatic nitrogens is 2. The Labute approximate surface area is 178 Å². The minimum Gasteiger partial charge on any atom is -0.378 e. The van der Waals surface area contributed by atoms with Crippen molar-refractivity contribution >= 4 is 35.8 Å². The molecule has 3 heterocycles. The van der Waals surface area contributed by atoms with E-state index in [1.54, 1.807) is 0 Å². The molecule has 2 saturated heterocycles. The predicted octanol–water partition coefficient (Wildman–Crippen LogP) is 0.956. The van der Waals surface area contributed by atoms with Crippen LogP contribution in [0.2, 0.25) is 0 Å². The second kappa shape index (κ2) is 10.8. The van der Waals surface area contributed by atoms with Crippen LogP contribution in [0.3, 0.4) is 0 Å². The molecule has 0 radical (unpaired) electrons. The van der Waals surface area contributed by atoms with Crippen LogP contribution in [0.4, 0.5) is 0 Å². The molecule has 0 spiro atoms. The Kier molecular flexibility index (Phi) is 8.81. The molecule has 0 unspecified atom stereocenters. The number of aryl methyl sites for hydroxylation is 1. The van der Waals surface area contributed by atoms with Crippen molar-refractivity contribution < 1.29 is 9.53 Å². The molecule has 0 aliphatic carbocycles. The van der Waals surface area contributed by atoms with Gasteiger partial charge in [0, 0.05) is 51.9 Å². The smallest absolute Gasteiger partial charge is 0.225 e. The van der Waals surface area contributed by atoms with Gasteiger partial charge in [-0.1, -0.05) is 0 Å². The fraction of sp³-hybridized carbons (Fsp3) is 0.722. The molecule has 1 aromatic heterocycles. The SMILES string of the molecule is CN=C(NCCn1cc(C)cn1)N1CCC(C(=O)N2CCOCC2)CC1.I. The highest BCUT2D eigenvalue weighted by atomic mass is 127. The van der Waals surface area contributed by atoms with Gasteiger partial charge in [0.05, 0.1) is 26.0 Å². The van der Waals surface area contributed by atoms with E-state index in [4.69, 9.17) is 4.74 Å². The average molecular weight is 490 g/mol. The zero-order chi connectivity index (χ0) is 18.4. The lowest BCUT2D eigenvalue weighted by molar-refractivity contribution is -0.140. The number of nitrogens with zero attached hydrogens (tertiary/aromatic N) is 5. The molecule has 2 aliphatic heterocycles. The molecule has 3 rings (SSSR count). The lowest BCUT2D eigenvalue weighted by atomic mass is 9.95. The molecule has 0 bridgehead atoms. The molecule has 1 amide bonds. The molecule has 2 aliphatic rings. The second-order valence-electron chi connectivity index (χ2n) is 6.95. The maximum absolute atomic E-state index is 12.6. The van der Waals surface area contributed by atoms with Crippen molar-refractivity contribution in [2.45, 2.75) is 26.3 Å². The quantitative estimate of drug-likeness (QED) is 0.387. The third-order valence-corrected chi connectivity index (χ3v) is 5.06. The normalized spacial score (nSPS) is 19.0. The first kappa shape index (κ1) is 21.9. The number of aliphatic imine (C=N–C) groups is 1. The fourth-order valence-electron chi connectivity index (χ4n) is 3.58. The highest BCUT2D eigenvalue weighted by Gasteiger charge is 2.30. The number of guanidine groups is 1. The third kappa shape index (κ3) is 6.06. The number of likely N-dealkylation sites (tertiary alicyclic amines) is 1. The van der Waals surface area contributed by atoms with E-state index in [1.165, 1.54) is 5.56 Å². The lowest BCUT2D eigenvalue weighted by Crippen LogP contribution is -2.50. The molecule has 8 nitrogen and oxygen atoms in total. The third-order valence-electron chi connectivity index (χ3n) is 5.06. The Morgan fingerprint density at radius 3 is 2.56 bits per heavy atom. The maximum Gasteiger partial charge on any atom is 0.225 e. The average Bonchev–Trinajstić information content (AvgIpc) is 3.11. The minimum atomic E-state index is 0. The Balaban J connectivity index is 0.00000261. The first-order valence-electron chi connectivity index (χ1n) is 9.48. The summed E-state index contributed by atoms with van der Waals surface area (Å²) in [6, 6.07) is 0. The second-order valence-corrected chi connectivity index (χ2v) is 6.95. The first-order valence-corrected chi connectivity index (χ1v) is 9.48. The van der Waals surface area contributed by atoms with E-state index in [0.29, 0.717) is 19.1 Å². The van der Waals surface area contributed by atoms with Gasteiger partial charge in [-0.3, -0.25) is 14.5 Å². The zero-order valence-electron chi connectivity index (χ0n) is 16.3. The van der Waals surface area contributed by atoms with E-state index in [0.717, 1.165) is 58.1 Å². The number of nitrogens with one attached hydrogen (secondary N) is 1. The van der Waals surface area contributed by atoms with Crippen LogP contribution in [-0.2, 0) is 16.1 Å². The molecule has 0 aromatic carbocycles. The van der Waals surface area contributed by atoms with Gasteiger partial charge in [0.2, 0.25) is 5.91 Å². The molecular weight excluding hydrogens is 459 g/mol. The molecule has 152 valence electrons. The fourth-order valence-corrected chi connectivity index (χ4v) is 3.58. The van der Waals surface area contributed by atoms with E-state index in [-0.39, 0.29) is 29.9 Å². The number of piperidine rings is 1. The summed E-state index contributed by atoms with van der Waals surface area (Å²) in [7, 11) is 1.81. The summed E-state index contributed by atoms with van der Waals surface area (Å²) >= 11 is 0. The van der Waals surface area contributed by atoms with Gasteiger partial charge in [-0.05, 0) is 25.3 Å². The number of morpholine rings is 1. The van der Waals surface area contributed by atoms with Crippen molar-refractivity contribution in [3.05, 3.63) is 18.0 Å². The molecule has 1 N–H and O–H groups in total. The van der Waals surface area contributed by atoms with Crippen LogP contribution in [0.1, 0.15) is 18.4 Å². The topological polar surface area (TPSA) is 75.0 Å². The van der Waals surface area contributed by atoms with Crippen LogP contribution in [0.15, 0.2) is 17.4 Å². The zero-order valence-corrected chi connectivity index (χ0v) is 18.6. The molecular formula is C18H31IN6O2. The summed E-state index contributed by atoms with van der Waals surface area (Å²) in [4.78, 5) is 21.2. The maximum atomic E-state index is 12.6. The summed E-state index contributed by atoms with van der Waals surface area (Å²) < 4.78 is 7.27.